The SMILES string of the molecule is Cc1cc(-c2ccc([C@@H]3C[C@H]3N3C(=O)CNC3=O)cn2)ccc1F. The van der Waals surface area contributed by atoms with Crippen molar-refractivity contribution in [2.24, 2.45) is 0 Å². The van der Waals surface area contributed by atoms with Gasteiger partial charge in [0.15, 0.2) is 0 Å². The Labute approximate surface area is 138 Å². The molecule has 2 heterocycles. The highest BCUT2D eigenvalue weighted by Gasteiger charge is 2.49. The number of halogens is 1. The van der Waals surface area contributed by atoms with Crippen molar-refractivity contribution in [2.75, 3.05) is 6.54 Å². The van der Waals surface area contributed by atoms with E-state index in [4.69, 9.17) is 0 Å². The normalized spacial score (nSPS) is 22.7. The number of benzene rings is 1. The summed E-state index contributed by atoms with van der Waals surface area (Å²) in [5, 5.41) is 2.54. The number of rotatable bonds is 3. The zero-order valence-corrected chi connectivity index (χ0v) is 13.1. The van der Waals surface area contributed by atoms with Gasteiger partial charge in [-0.25, -0.2) is 9.18 Å². The second-order valence-electron chi connectivity index (χ2n) is 6.27. The molecule has 2 atom stereocenters. The van der Waals surface area contributed by atoms with E-state index in [0.717, 1.165) is 23.2 Å². The van der Waals surface area contributed by atoms with Gasteiger partial charge in [-0.3, -0.25) is 14.7 Å². The standard InChI is InChI=1S/C18H16FN3O2/c1-10-6-11(2-4-14(10)19)15-5-3-12(8-20-15)13-7-16(13)22-17(23)9-21-18(22)24/h2-6,8,13,16H,7,9H2,1H3,(H,21,24)/t13-,16+/m0/s1. The first-order valence-electron chi connectivity index (χ1n) is 7.87. The highest BCUT2D eigenvalue weighted by atomic mass is 19.1. The molecule has 2 aromatic rings. The Morgan fingerprint density at radius 1 is 1.25 bits per heavy atom. The van der Waals surface area contributed by atoms with Crippen LogP contribution in [0.2, 0.25) is 0 Å². The van der Waals surface area contributed by atoms with E-state index in [0.29, 0.717) is 5.56 Å². The molecule has 1 aliphatic heterocycles. The Morgan fingerprint density at radius 2 is 2.08 bits per heavy atom. The summed E-state index contributed by atoms with van der Waals surface area (Å²) in [6.45, 7) is 1.81. The molecule has 2 aliphatic rings. The molecule has 1 aliphatic carbocycles. The summed E-state index contributed by atoms with van der Waals surface area (Å²) < 4.78 is 13.4. The van der Waals surface area contributed by atoms with Crippen molar-refractivity contribution in [1.82, 2.24) is 15.2 Å². The Hall–Kier alpha value is -2.76. The summed E-state index contributed by atoms with van der Waals surface area (Å²) in [6.07, 6.45) is 2.55. The third-order valence-corrected chi connectivity index (χ3v) is 4.63. The van der Waals surface area contributed by atoms with Crippen molar-refractivity contribution >= 4 is 11.9 Å². The van der Waals surface area contributed by atoms with Crippen molar-refractivity contribution in [1.29, 1.82) is 0 Å². The van der Waals surface area contributed by atoms with Crippen molar-refractivity contribution < 1.29 is 14.0 Å². The zero-order chi connectivity index (χ0) is 16.8. The van der Waals surface area contributed by atoms with Crippen LogP contribution in [0.15, 0.2) is 36.5 Å². The molecule has 1 aromatic heterocycles. The van der Waals surface area contributed by atoms with Crippen LogP contribution in [0.3, 0.4) is 0 Å². The van der Waals surface area contributed by atoms with Crippen LogP contribution < -0.4 is 5.32 Å². The van der Waals surface area contributed by atoms with Gasteiger partial charge in [-0.15, -0.1) is 0 Å². The first-order valence-corrected chi connectivity index (χ1v) is 7.87. The van der Waals surface area contributed by atoms with Crippen LogP contribution >= 0.6 is 0 Å². The average Bonchev–Trinajstić information content (AvgIpc) is 3.29. The molecule has 0 bridgehead atoms. The molecule has 1 saturated heterocycles. The molecular weight excluding hydrogens is 309 g/mol. The van der Waals surface area contributed by atoms with Crippen molar-refractivity contribution in [3.05, 3.63) is 53.5 Å². The number of urea groups is 1. The summed E-state index contributed by atoms with van der Waals surface area (Å²) in [5.41, 5.74) is 3.23. The maximum absolute atomic E-state index is 13.4. The predicted molar refractivity (Wildman–Crippen MR) is 85.8 cm³/mol. The lowest BCUT2D eigenvalue weighted by Crippen LogP contribution is -2.33. The van der Waals surface area contributed by atoms with E-state index in [9.17, 15) is 14.0 Å². The first-order chi connectivity index (χ1) is 11.5. The number of hydrogen-bond acceptors (Lipinski definition) is 3. The molecule has 0 unspecified atom stereocenters. The molecule has 5 nitrogen and oxygen atoms in total. The van der Waals surface area contributed by atoms with Crippen molar-refractivity contribution in [2.45, 2.75) is 25.3 Å². The van der Waals surface area contributed by atoms with Crippen molar-refractivity contribution in [3.8, 4) is 11.3 Å². The fourth-order valence-corrected chi connectivity index (χ4v) is 3.19. The van der Waals surface area contributed by atoms with Gasteiger partial charge in [-0.2, -0.15) is 0 Å². The number of hydrogen-bond donors (Lipinski definition) is 1. The number of imide groups is 1. The quantitative estimate of drug-likeness (QED) is 0.882. The Bertz CT molecular complexity index is 819. The second kappa shape index (κ2) is 5.40. The van der Waals surface area contributed by atoms with Gasteiger partial charge >= 0.3 is 6.03 Å². The van der Waals surface area contributed by atoms with Gasteiger partial charge < -0.3 is 5.32 Å². The summed E-state index contributed by atoms with van der Waals surface area (Å²) in [4.78, 5) is 29.2. The molecule has 0 spiro atoms. The molecule has 4 rings (SSSR count). The van der Waals surface area contributed by atoms with Crippen LogP contribution in [0.1, 0.15) is 23.5 Å². The van der Waals surface area contributed by atoms with Crippen LogP contribution in [0.5, 0.6) is 0 Å². The maximum Gasteiger partial charge on any atom is 0.324 e. The Balaban J connectivity index is 1.52. The fraction of sp³-hybridized carbons (Fsp3) is 0.278. The van der Waals surface area contributed by atoms with E-state index in [1.807, 2.05) is 12.1 Å². The summed E-state index contributed by atoms with van der Waals surface area (Å²) >= 11 is 0. The predicted octanol–water partition coefficient (Wildman–Crippen LogP) is 2.60. The van der Waals surface area contributed by atoms with Crippen molar-refractivity contribution in [3.63, 3.8) is 0 Å². The van der Waals surface area contributed by atoms with Crippen LogP contribution in [0, 0.1) is 12.7 Å². The Kier molecular flexibility index (Phi) is 3.33. The van der Waals surface area contributed by atoms with E-state index >= 15 is 0 Å². The summed E-state index contributed by atoms with van der Waals surface area (Å²) in [6, 6.07) is 8.39. The number of amides is 3. The summed E-state index contributed by atoms with van der Waals surface area (Å²) in [5.74, 6) is -0.252. The molecule has 0 radical (unpaired) electrons. The van der Waals surface area contributed by atoms with Gasteiger partial charge in [-0.05, 0) is 48.7 Å². The lowest BCUT2D eigenvalue weighted by atomic mass is 10.1. The minimum atomic E-state index is -0.307. The monoisotopic (exact) mass is 325 g/mol. The van der Waals surface area contributed by atoms with Gasteiger partial charge in [0.25, 0.3) is 0 Å². The van der Waals surface area contributed by atoms with E-state index < -0.39 is 0 Å². The molecule has 122 valence electrons. The average molecular weight is 325 g/mol. The highest BCUT2D eigenvalue weighted by molar-refractivity contribution is 6.02. The van der Waals surface area contributed by atoms with Crippen LogP contribution in [0.25, 0.3) is 11.3 Å². The van der Waals surface area contributed by atoms with E-state index in [-0.39, 0.29) is 36.3 Å². The van der Waals surface area contributed by atoms with Gasteiger partial charge in [0.2, 0.25) is 5.91 Å². The molecule has 2 fully saturated rings. The first kappa shape index (κ1) is 14.8. The van der Waals surface area contributed by atoms with Crippen LogP contribution in [-0.2, 0) is 4.79 Å². The lowest BCUT2D eigenvalue weighted by molar-refractivity contribution is -0.125. The van der Waals surface area contributed by atoms with E-state index in [2.05, 4.69) is 10.3 Å². The summed E-state index contributed by atoms with van der Waals surface area (Å²) in [7, 11) is 0. The van der Waals surface area contributed by atoms with E-state index in [1.54, 1.807) is 25.3 Å². The molecule has 1 N–H and O–H groups in total. The minimum absolute atomic E-state index is 0.0688. The molecule has 1 aromatic carbocycles. The number of carbonyl (C=O) groups is 2. The number of nitrogens with one attached hydrogen (secondary N) is 1. The van der Waals surface area contributed by atoms with Gasteiger partial charge in [0.05, 0.1) is 12.2 Å². The topological polar surface area (TPSA) is 62.3 Å². The fourth-order valence-electron chi connectivity index (χ4n) is 3.19. The smallest absolute Gasteiger partial charge is 0.324 e. The number of aryl methyl sites for hydroxylation is 1. The zero-order valence-electron chi connectivity index (χ0n) is 13.1. The third kappa shape index (κ3) is 2.44. The number of nitrogens with zero attached hydrogens (tertiary/aromatic N) is 2. The molecule has 3 amide bonds. The van der Waals surface area contributed by atoms with Gasteiger partial charge in [0.1, 0.15) is 5.82 Å². The largest absolute Gasteiger partial charge is 0.329 e. The van der Waals surface area contributed by atoms with Crippen LogP contribution in [0.4, 0.5) is 9.18 Å². The molecular formula is C18H16FN3O2. The number of carbonyl (C=O) groups excluding carboxylic acids is 2. The van der Waals surface area contributed by atoms with Gasteiger partial charge in [0, 0.05) is 23.7 Å². The number of aromatic nitrogens is 1. The lowest BCUT2D eigenvalue weighted by Gasteiger charge is -2.12. The second-order valence-corrected chi connectivity index (χ2v) is 6.27. The molecule has 6 heteroatoms. The number of pyridine rings is 1. The van der Waals surface area contributed by atoms with E-state index in [1.165, 1.54) is 11.0 Å². The molecule has 24 heavy (non-hydrogen) atoms. The molecule has 1 saturated carbocycles. The third-order valence-electron chi connectivity index (χ3n) is 4.63. The van der Waals surface area contributed by atoms with Gasteiger partial charge in [-0.1, -0.05) is 6.07 Å². The Morgan fingerprint density at radius 3 is 2.71 bits per heavy atom. The van der Waals surface area contributed by atoms with Crippen LogP contribution in [-0.4, -0.2) is 34.4 Å². The maximum atomic E-state index is 13.4. The highest BCUT2D eigenvalue weighted by Crippen LogP contribution is 2.45. The minimum Gasteiger partial charge on any atom is -0.329 e.